The number of fused-ring (bicyclic) bond motifs is 2. The molecule has 0 amide bonds. The lowest BCUT2D eigenvalue weighted by Crippen LogP contribution is -2.08. The number of hydrogen-bond donors (Lipinski definition) is 1. The van der Waals surface area contributed by atoms with Crippen molar-refractivity contribution in [3.05, 3.63) is 70.8 Å². The molecule has 1 aromatic heterocycles. The Morgan fingerprint density at radius 2 is 1.92 bits per heavy atom. The van der Waals surface area contributed by atoms with E-state index in [4.69, 9.17) is 15.6 Å². The van der Waals surface area contributed by atoms with Crippen LogP contribution in [0.25, 0.3) is 0 Å². The fourth-order valence-corrected chi connectivity index (χ4v) is 3.03. The Hall–Kier alpha value is -3.15. The molecule has 1 aliphatic rings. The average molecular weight is 333 g/mol. The summed E-state index contributed by atoms with van der Waals surface area (Å²) in [7, 11) is 1.67. The number of nitrogens with zero attached hydrogens (tertiary/aromatic N) is 4. The molecule has 0 saturated carbocycles. The molecule has 25 heavy (non-hydrogen) atoms. The van der Waals surface area contributed by atoms with Crippen LogP contribution in [-0.2, 0) is 12.8 Å². The minimum absolute atomic E-state index is 0.675. The molecule has 3 aromatic rings. The molecule has 0 bridgehead atoms. The predicted molar refractivity (Wildman–Crippen MR) is 97.1 cm³/mol. The maximum Gasteiger partial charge on any atom is 0.159 e. The van der Waals surface area contributed by atoms with E-state index >= 15 is 0 Å². The number of benzene rings is 2. The summed E-state index contributed by atoms with van der Waals surface area (Å²) in [5.41, 5.74) is 10.6. The quantitative estimate of drug-likeness (QED) is 0.585. The standard InChI is InChI=1S/C19H19N5O/c1-3-17-21-22-18-10-13-6-9-15(25-2)11-16(13)19(23-24(17)18)12-4-7-14(20)8-5-12/h4-9,11H,3,10,20H2,1-2H3. The van der Waals surface area contributed by atoms with Gasteiger partial charge in [0.15, 0.2) is 11.6 Å². The lowest BCUT2D eigenvalue weighted by atomic mass is 9.95. The number of ether oxygens (including phenoxy) is 1. The topological polar surface area (TPSA) is 78.3 Å². The van der Waals surface area contributed by atoms with Crippen molar-refractivity contribution in [2.24, 2.45) is 5.10 Å². The van der Waals surface area contributed by atoms with E-state index in [0.29, 0.717) is 6.42 Å². The maximum atomic E-state index is 5.85. The van der Waals surface area contributed by atoms with E-state index in [1.807, 2.05) is 41.1 Å². The van der Waals surface area contributed by atoms with Gasteiger partial charge in [0.2, 0.25) is 0 Å². The Morgan fingerprint density at radius 1 is 1.12 bits per heavy atom. The van der Waals surface area contributed by atoms with Crippen LogP contribution in [0.15, 0.2) is 47.6 Å². The predicted octanol–water partition coefficient (Wildman–Crippen LogP) is 2.64. The highest BCUT2D eigenvalue weighted by atomic mass is 16.5. The lowest BCUT2D eigenvalue weighted by molar-refractivity contribution is 0.414. The Bertz CT molecular complexity index is 956. The molecule has 0 spiro atoms. The molecule has 0 saturated heterocycles. The molecule has 0 fully saturated rings. The Kier molecular flexibility index (Phi) is 3.72. The zero-order valence-electron chi connectivity index (χ0n) is 14.2. The van der Waals surface area contributed by atoms with Crippen LogP contribution in [0.5, 0.6) is 5.75 Å². The van der Waals surface area contributed by atoms with Gasteiger partial charge in [-0.3, -0.25) is 0 Å². The smallest absolute Gasteiger partial charge is 0.159 e. The summed E-state index contributed by atoms with van der Waals surface area (Å²) in [5.74, 6) is 2.49. The molecule has 126 valence electrons. The summed E-state index contributed by atoms with van der Waals surface area (Å²) in [6.07, 6.45) is 1.44. The highest BCUT2D eigenvalue weighted by Gasteiger charge is 2.22. The van der Waals surface area contributed by atoms with Crippen molar-refractivity contribution in [2.75, 3.05) is 12.8 Å². The molecule has 0 radical (unpaired) electrons. The second-order valence-corrected chi connectivity index (χ2v) is 5.97. The summed E-state index contributed by atoms with van der Waals surface area (Å²) in [6.45, 7) is 2.05. The van der Waals surface area contributed by atoms with Gasteiger partial charge < -0.3 is 10.5 Å². The van der Waals surface area contributed by atoms with Crippen molar-refractivity contribution in [1.29, 1.82) is 0 Å². The van der Waals surface area contributed by atoms with Gasteiger partial charge in [-0.25, -0.2) is 4.68 Å². The van der Waals surface area contributed by atoms with Crippen LogP contribution in [0.1, 0.15) is 35.3 Å². The van der Waals surface area contributed by atoms with Crippen LogP contribution in [0, 0.1) is 0 Å². The maximum absolute atomic E-state index is 5.85. The number of hydrogen-bond acceptors (Lipinski definition) is 5. The van der Waals surface area contributed by atoms with E-state index in [2.05, 4.69) is 23.2 Å². The normalized spacial score (nSPS) is 12.8. The van der Waals surface area contributed by atoms with Crippen LogP contribution in [0.2, 0.25) is 0 Å². The molecule has 2 N–H and O–H groups in total. The first kappa shape index (κ1) is 15.4. The van der Waals surface area contributed by atoms with Crippen molar-refractivity contribution in [2.45, 2.75) is 19.8 Å². The minimum Gasteiger partial charge on any atom is -0.497 e. The van der Waals surface area contributed by atoms with Crippen LogP contribution in [0.3, 0.4) is 0 Å². The van der Waals surface area contributed by atoms with Gasteiger partial charge in [0.25, 0.3) is 0 Å². The van der Waals surface area contributed by atoms with Crippen LogP contribution in [-0.4, -0.2) is 27.7 Å². The zero-order chi connectivity index (χ0) is 17.4. The number of nitrogen functional groups attached to an aromatic ring is 1. The zero-order valence-corrected chi connectivity index (χ0v) is 14.2. The third-order valence-electron chi connectivity index (χ3n) is 4.39. The monoisotopic (exact) mass is 333 g/mol. The van der Waals surface area contributed by atoms with E-state index in [1.54, 1.807) is 7.11 Å². The minimum atomic E-state index is 0.675. The molecule has 0 aliphatic carbocycles. The van der Waals surface area contributed by atoms with E-state index in [9.17, 15) is 0 Å². The molecule has 2 aromatic carbocycles. The van der Waals surface area contributed by atoms with Gasteiger partial charge in [-0.1, -0.05) is 25.1 Å². The van der Waals surface area contributed by atoms with Gasteiger partial charge in [-0.05, 0) is 29.8 Å². The second-order valence-electron chi connectivity index (χ2n) is 5.97. The number of methoxy groups -OCH3 is 1. The second kappa shape index (κ2) is 6.05. The third-order valence-corrected chi connectivity index (χ3v) is 4.39. The largest absolute Gasteiger partial charge is 0.497 e. The van der Waals surface area contributed by atoms with Crippen LogP contribution in [0.4, 0.5) is 5.69 Å². The molecule has 6 heteroatoms. The first-order valence-corrected chi connectivity index (χ1v) is 8.25. The van der Waals surface area contributed by atoms with E-state index in [-0.39, 0.29) is 0 Å². The first-order valence-electron chi connectivity index (χ1n) is 8.25. The number of aromatic nitrogens is 3. The number of anilines is 1. The molecular formula is C19H19N5O. The average Bonchev–Trinajstić information content (AvgIpc) is 2.94. The fourth-order valence-electron chi connectivity index (χ4n) is 3.03. The summed E-state index contributed by atoms with van der Waals surface area (Å²) in [6, 6.07) is 13.8. The summed E-state index contributed by atoms with van der Waals surface area (Å²) in [4.78, 5) is 0. The molecule has 4 rings (SSSR count). The Balaban J connectivity index is 1.98. The molecule has 6 nitrogen and oxygen atoms in total. The third kappa shape index (κ3) is 2.65. The molecule has 2 heterocycles. The van der Waals surface area contributed by atoms with E-state index in [1.165, 1.54) is 0 Å². The number of nitrogens with two attached hydrogens (primary N) is 1. The Labute approximate surface area is 146 Å². The molecule has 0 unspecified atom stereocenters. The summed E-state index contributed by atoms with van der Waals surface area (Å²) in [5, 5.41) is 13.5. The van der Waals surface area contributed by atoms with Crippen LogP contribution >= 0.6 is 0 Å². The lowest BCUT2D eigenvalue weighted by Gasteiger charge is -2.11. The van der Waals surface area contributed by atoms with Crippen LogP contribution < -0.4 is 10.5 Å². The first-order chi connectivity index (χ1) is 12.2. The highest BCUT2D eigenvalue weighted by Crippen LogP contribution is 2.27. The van der Waals surface area contributed by atoms with Gasteiger partial charge in [-0.15, -0.1) is 10.2 Å². The molecule has 1 aliphatic heterocycles. The SMILES string of the molecule is CCc1nnc2n1N=C(c1ccc(N)cc1)c1cc(OC)ccc1C2. The van der Waals surface area contributed by atoms with Crippen molar-refractivity contribution in [3.63, 3.8) is 0 Å². The van der Waals surface area contributed by atoms with Crippen molar-refractivity contribution in [1.82, 2.24) is 14.9 Å². The van der Waals surface area contributed by atoms with Gasteiger partial charge in [0.05, 0.1) is 12.8 Å². The van der Waals surface area contributed by atoms with E-state index < -0.39 is 0 Å². The Morgan fingerprint density at radius 3 is 2.64 bits per heavy atom. The summed E-state index contributed by atoms with van der Waals surface area (Å²) < 4.78 is 7.28. The number of aryl methyl sites for hydroxylation is 1. The highest BCUT2D eigenvalue weighted by molar-refractivity contribution is 6.14. The fraction of sp³-hybridized carbons (Fsp3) is 0.211. The van der Waals surface area contributed by atoms with Gasteiger partial charge in [0.1, 0.15) is 5.75 Å². The number of rotatable bonds is 3. The van der Waals surface area contributed by atoms with Gasteiger partial charge >= 0.3 is 0 Å². The molecular weight excluding hydrogens is 314 g/mol. The van der Waals surface area contributed by atoms with Crippen molar-refractivity contribution >= 4 is 11.4 Å². The van der Waals surface area contributed by atoms with Crippen molar-refractivity contribution < 1.29 is 4.74 Å². The van der Waals surface area contributed by atoms with Gasteiger partial charge in [0, 0.05) is 29.7 Å². The van der Waals surface area contributed by atoms with Gasteiger partial charge in [-0.2, -0.15) is 5.10 Å². The summed E-state index contributed by atoms with van der Waals surface area (Å²) >= 11 is 0. The molecule has 0 atom stereocenters. The van der Waals surface area contributed by atoms with E-state index in [0.717, 1.165) is 51.9 Å². The van der Waals surface area contributed by atoms with Crippen molar-refractivity contribution in [3.8, 4) is 5.75 Å².